The fraction of sp³-hybridized carbons (Fsp3) is 0.833. The van der Waals surface area contributed by atoms with E-state index in [4.69, 9.17) is 0 Å². The predicted molar refractivity (Wildman–Crippen MR) is 70.2 cm³/mol. The second-order valence-corrected chi connectivity index (χ2v) is 7.54. The smallest absolute Gasteiger partial charge is 0.328 e. The van der Waals surface area contributed by atoms with Crippen molar-refractivity contribution in [2.45, 2.75) is 32.7 Å². The van der Waals surface area contributed by atoms with Gasteiger partial charge in [-0.15, -0.1) is 0 Å². The van der Waals surface area contributed by atoms with Crippen molar-refractivity contribution in [3.63, 3.8) is 0 Å². The van der Waals surface area contributed by atoms with Gasteiger partial charge in [-0.3, -0.25) is 4.79 Å². The van der Waals surface area contributed by atoms with Crippen molar-refractivity contribution >= 4 is 21.7 Å². The molecule has 110 valence electrons. The van der Waals surface area contributed by atoms with Crippen LogP contribution in [-0.4, -0.2) is 45.0 Å². The molecule has 1 aliphatic heterocycles. The molecule has 0 spiro atoms. The third-order valence-corrected chi connectivity index (χ3v) is 4.88. The monoisotopic (exact) mass is 291 g/mol. The minimum absolute atomic E-state index is 0.0398. The number of carbonyl (C=O) groups excluding carboxylic acids is 2. The summed E-state index contributed by atoms with van der Waals surface area (Å²) in [6.45, 7) is 3.87. The molecular weight excluding hydrogens is 270 g/mol. The number of sulfone groups is 1. The van der Waals surface area contributed by atoms with Gasteiger partial charge < -0.3 is 10.1 Å². The Morgan fingerprint density at radius 2 is 2.00 bits per heavy atom. The zero-order chi connectivity index (χ0) is 14.6. The Bertz CT molecular complexity index is 443. The van der Waals surface area contributed by atoms with E-state index < -0.39 is 27.8 Å². The maximum absolute atomic E-state index is 12.0. The van der Waals surface area contributed by atoms with E-state index in [1.54, 1.807) is 0 Å². The van der Waals surface area contributed by atoms with E-state index in [0.29, 0.717) is 12.8 Å². The van der Waals surface area contributed by atoms with Gasteiger partial charge in [0, 0.05) is 0 Å². The molecule has 2 atom stereocenters. The van der Waals surface area contributed by atoms with Gasteiger partial charge in [0.2, 0.25) is 5.91 Å². The lowest BCUT2D eigenvalue weighted by atomic mass is 10.0. The van der Waals surface area contributed by atoms with E-state index in [2.05, 4.69) is 10.1 Å². The van der Waals surface area contributed by atoms with Gasteiger partial charge >= 0.3 is 5.97 Å². The lowest BCUT2D eigenvalue weighted by Crippen LogP contribution is -2.45. The topological polar surface area (TPSA) is 89.5 Å². The number of esters is 1. The molecule has 0 radical (unpaired) electrons. The molecule has 1 saturated heterocycles. The van der Waals surface area contributed by atoms with Crippen molar-refractivity contribution in [1.82, 2.24) is 5.32 Å². The predicted octanol–water partition coefficient (Wildman–Crippen LogP) is 0.125. The normalized spacial score (nSPS) is 23.1. The number of carbonyl (C=O) groups is 2. The zero-order valence-electron chi connectivity index (χ0n) is 11.5. The van der Waals surface area contributed by atoms with E-state index in [1.165, 1.54) is 7.11 Å². The molecular formula is C12H21NO5S. The minimum Gasteiger partial charge on any atom is -0.467 e. The molecule has 1 amide bonds. The van der Waals surface area contributed by atoms with Gasteiger partial charge in [-0.05, 0) is 18.8 Å². The Labute approximate surface area is 113 Å². The van der Waals surface area contributed by atoms with Gasteiger partial charge in [-0.1, -0.05) is 13.8 Å². The van der Waals surface area contributed by atoms with Gasteiger partial charge in [0.15, 0.2) is 9.84 Å². The highest BCUT2D eigenvalue weighted by molar-refractivity contribution is 7.91. The van der Waals surface area contributed by atoms with Crippen LogP contribution in [0, 0.1) is 11.8 Å². The first-order valence-electron chi connectivity index (χ1n) is 6.34. The first-order valence-corrected chi connectivity index (χ1v) is 8.16. The highest BCUT2D eigenvalue weighted by Crippen LogP contribution is 2.19. The number of rotatable bonds is 5. The Kier molecular flexibility index (Phi) is 5.34. The SMILES string of the molecule is COC(=O)[C@H](CC(C)C)NC(=O)[C@@H]1CCS(=O)(=O)C1. The summed E-state index contributed by atoms with van der Waals surface area (Å²) in [4.78, 5) is 23.5. The van der Waals surface area contributed by atoms with Crippen LogP contribution in [0.4, 0.5) is 0 Å². The molecule has 0 aliphatic carbocycles. The molecule has 0 saturated carbocycles. The Balaban J connectivity index is 2.64. The average molecular weight is 291 g/mol. The van der Waals surface area contributed by atoms with E-state index in [9.17, 15) is 18.0 Å². The average Bonchev–Trinajstić information content (AvgIpc) is 2.67. The number of methoxy groups -OCH3 is 1. The molecule has 0 unspecified atom stereocenters. The largest absolute Gasteiger partial charge is 0.467 e. The van der Waals surface area contributed by atoms with Crippen molar-refractivity contribution in [3.8, 4) is 0 Å². The van der Waals surface area contributed by atoms with Crippen LogP contribution in [0.2, 0.25) is 0 Å². The van der Waals surface area contributed by atoms with E-state index in [0.717, 1.165) is 0 Å². The fourth-order valence-electron chi connectivity index (χ4n) is 2.12. The van der Waals surface area contributed by atoms with Gasteiger partial charge in [-0.2, -0.15) is 0 Å². The van der Waals surface area contributed by atoms with Crippen molar-refractivity contribution in [2.75, 3.05) is 18.6 Å². The third kappa shape index (κ3) is 4.81. The van der Waals surface area contributed by atoms with E-state index in [1.807, 2.05) is 13.8 Å². The summed E-state index contributed by atoms with van der Waals surface area (Å²) in [6, 6.07) is -0.708. The minimum atomic E-state index is -3.10. The van der Waals surface area contributed by atoms with Gasteiger partial charge in [0.1, 0.15) is 6.04 Å². The summed E-state index contributed by atoms with van der Waals surface area (Å²) < 4.78 is 27.3. The summed E-state index contributed by atoms with van der Waals surface area (Å²) in [5, 5.41) is 2.60. The lowest BCUT2D eigenvalue weighted by molar-refractivity contribution is -0.146. The van der Waals surface area contributed by atoms with Crippen molar-refractivity contribution in [2.24, 2.45) is 11.8 Å². The molecule has 1 aliphatic rings. The van der Waals surface area contributed by atoms with Crippen LogP contribution in [0.15, 0.2) is 0 Å². The summed E-state index contributed by atoms with van der Waals surface area (Å²) in [6.07, 6.45) is 0.793. The molecule has 0 aromatic heterocycles. The van der Waals surface area contributed by atoms with Gasteiger partial charge in [0.25, 0.3) is 0 Å². The van der Waals surface area contributed by atoms with Crippen LogP contribution < -0.4 is 5.32 Å². The lowest BCUT2D eigenvalue weighted by Gasteiger charge is -2.19. The maximum atomic E-state index is 12.0. The summed E-state index contributed by atoms with van der Waals surface area (Å²) >= 11 is 0. The third-order valence-electron chi connectivity index (χ3n) is 3.11. The second-order valence-electron chi connectivity index (χ2n) is 5.31. The Hall–Kier alpha value is -1.11. The molecule has 1 heterocycles. The number of amides is 1. The Morgan fingerprint density at radius 1 is 1.37 bits per heavy atom. The van der Waals surface area contributed by atoms with Gasteiger partial charge in [-0.25, -0.2) is 13.2 Å². The molecule has 0 aromatic rings. The van der Waals surface area contributed by atoms with Crippen LogP contribution >= 0.6 is 0 Å². The van der Waals surface area contributed by atoms with Crippen LogP contribution in [-0.2, 0) is 24.2 Å². The van der Waals surface area contributed by atoms with Gasteiger partial charge in [0.05, 0.1) is 24.5 Å². The fourth-order valence-corrected chi connectivity index (χ4v) is 3.86. The molecule has 1 fully saturated rings. The molecule has 6 nitrogen and oxygen atoms in total. The number of nitrogens with one attached hydrogen (secondary N) is 1. The highest BCUT2D eigenvalue weighted by Gasteiger charge is 2.35. The zero-order valence-corrected chi connectivity index (χ0v) is 12.3. The second kappa shape index (κ2) is 6.36. The maximum Gasteiger partial charge on any atom is 0.328 e. The Morgan fingerprint density at radius 3 is 2.42 bits per heavy atom. The van der Waals surface area contributed by atoms with Crippen molar-refractivity contribution in [1.29, 1.82) is 0 Å². The van der Waals surface area contributed by atoms with Crippen LogP contribution in [0.3, 0.4) is 0 Å². The van der Waals surface area contributed by atoms with Crippen LogP contribution in [0.1, 0.15) is 26.7 Å². The molecule has 7 heteroatoms. The van der Waals surface area contributed by atoms with Crippen LogP contribution in [0.25, 0.3) is 0 Å². The molecule has 0 aromatic carbocycles. The van der Waals surface area contributed by atoms with Crippen molar-refractivity contribution < 1.29 is 22.7 Å². The summed E-state index contributed by atoms with van der Waals surface area (Å²) in [7, 11) is -1.84. The van der Waals surface area contributed by atoms with Crippen LogP contribution in [0.5, 0.6) is 0 Å². The highest BCUT2D eigenvalue weighted by atomic mass is 32.2. The quantitative estimate of drug-likeness (QED) is 0.727. The van der Waals surface area contributed by atoms with E-state index >= 15 is 0 Å². The standard InChI is InChI=1S/C12H21NO5S/c1-8(2)6-10(12(15)18-3)13-11(14)9-4-5-19(16,17)7-9/h8-10H,4-7H2,1-3H3,(H,13,14)/t9-,10+/m1/s1. The molecule has 1 N–H and O–H groups in total. The van der Waals surface area contributed by atoms with Crippen molar-refractivity contribution in [3.05, 3.63) is 0 Å². The summed E-state index contributed by atoms with van der Waals surface area (Å²) in [5.41, 5.74) is 0. The first kappa shape index (κ1) is 15.9. The molecule has 0 bridgehead atoms. The van der Waals surface area contributed by atoms with E-state index in [-0.39, 0.29) is 23.3 Å². The molecule has 1 rings (SSSR count). The number of ether oxygens (including phenoxy) is 1. The first-order chi connectivity index (χ1) is 8.75. The number of hydrogen-bond donors (Lipinski definition) is 1. The molecule has 19 heavy (non-hydrogen) atoms. The number of hydrogen-bond acceptors (Lipinski definition) is 5. The summed E-state index contributed by atoms with van der Waals surface area (Å²) in [5.74, 6) is -1.30.